The number of piperidine rings is 1. The monoisotopic (exact) mass is 374 g/mol. The molecule has 0 atom stereocenters. The van der Waals surface area contributed by atoms with Crippen LogP contribution in [-0.4, -0.2) is 28.8 Å². The second-order valence-electron chi connectivity index (χ2n) is 7.49. The Labute approximate surface area is 165 Å². The lowest BCUT2D eigenvalue weighted by Gasteiger charge is -2.24. The molecule has 1 fully saturated rings. The van der Waals surface area contributed by atoms with Gasteiger partial charge in [-0.2, -0.15) is 5.10 Å². The second-order valence-corrected chi connectivity index (χ2v) is 7.49. The van der Waals surface area contributed by atoms with E-state index in [9.17, 15) is 4.79 Å². The van der Waals surface area contributed by atoms with E-state index >= 15 is 0 Å². The highest BCUT2D eigenvalue weighted by Gasteiger charge is 2.27. The number of nitrogens with one attached hydrogen (secondary N) is 2. The molecule has 3 aromatic rings. The van der Waals surface area contributed by atoms with E-state index in [-0.39, 0.29) is 5.91 Å². The van der Waals surface area contributed by atoms with Crippen molar-refractivity contribution in [3.05, 3.63) is 77.1 Å². The SMILES string of the molecule is Cc1ccc(NC(=O)c2cnn(-c3ccccc3)c2C2CCNCC2)c(C)c1. The summed E-state index contributed by atoms with van der Waals surface area (Å²) in [4.78, 5) is 13.2. The van der Waals surface area contributed by atoms with Crippen molar-refractivity contribution in [2.45, 2.75) is 32.6 Å². The van der Waals surface area contributed by atoms with Crippen LogP contribution in [0.4, 0.5) is 5.69 Å². The summed E-state index contributed by atoms with van der Waals surface area (Å²) in [6.07, 6.45) is 3.72. The highest BCUT2D eigenvalue weighted by Crippen LogP contribution is 2.31. The molecule has 0 saturated carbocycles. The summed E-state index contributed by atoms with van der Waals surface area (Å²) in [5.41, 5.74) is 5.75. The van der Waals surface area contributed by atoms with Gasteiger partial charge in [-0.1, -0.05) is 35.9 Å². The number of amides is 1. The van der Waals surface area contributed by atoms with E-state index in [0.29, 0.717) is 11.5 Å². The number of para-hydroxylation sites is 1. The molecule has 5 heteroatoms. The molecule has 28 heavy (non-hydrogen) atoms. The van der Waals surface area contributed by atoms with E-state index < -0.39 is 0 Å². The highest BCUT2D eigenvalue weighted by atomic mass is 16.1. The normalized spacial score (nSPS) is 14.8. The standard InChI is InChI=1S/C23H26N4O/c1-16-8-9-21(17(2)14-16)26-23(28)20-15-25-27(19-6-4-3-5-7-19)22(20)18-10-12-24-13-11-18/h3-9,14-15,18,24H,10-13H2,1-2H3,(H,26,28). The van der Waals surface area contributed by atoms with Gasteiger partial charge in [0.25, 0.3) is 5.91 Å². The van der Waals surface area contributed by atoms with Gasteiger partial charge in [0.15, 0.2) is 0 Å². The maximum Gasteiger partial charge on any atom is 0.259 e. The number of carbonyl (C=O) groups excluding carboxylic acids is 1. The van der Waals surface area contributed by atoms with Gasteiger partial charge >= 0.3 is 0 Å². The third kappa shape index (κ3) is 3.71. The Morgan fingerprint density at radius 3 is 2.57 bits per heavy atom. The van der Waals surface area contributed by atoms with Crippen LogP contribution in [-0.2, 0) is 0 Å². The quantitative estimate of drug-likeness (QED) is 0.719. The lowest BCUT2D eigenvalue weighted by Crippen LogP contribution is -2.29. The Morgan fingerprint density at radius 2 is 1.86 bits per heavy atom. The molecule has 2 heterocycles. The highest BCUT2D eigenvalue weighted by molar-refractivity contribution is 6.05. The van der Waals surface area contributed by atoms with Crippen LogP contribution in [0.3, 0.4) is 0 Å². The molecule has 1 amide bonds. The van der Waals surface area contributed by atoms with E-state index in [4.69, 9.17) is 0 Å². The van der Waals surface area contributed by atoms with Gasteiger partial charge in [-0.3, -0.25) is 4.79 Å². The number of anilines is 1. The molecular formula is C23H26N4O. The number of rotatable bonds is 4. The zero-order valence-corrected chi connectivity index (χ0v) is 16.4. The number of hydrogen-bond donors (Lipinski definition) is 2. The minimum Gasteiger partial charge on any atom is -0.322 e. The number of carbonyl (C=O) groups is 1. The van der Waals surface area contributed by atoms with Crippen molar-refractivity contribution in [1.82, 2.24) is 15.1 Å². The first kappa shape index (κ1) is 18.4. The summed E-state index contributed by atoms with van der Waals surface area (Å²) in [5, 5.41) is 11.1. The number of hydrogen-bond acceptors (Lipinski definition) is 3. The summed E-state index contributed by atoms with van der Waals surface area (Å²) < 4.78 is 1.94. The lowest BCUT2D eigenvalue weighted by molar-refractivity contribution is 0.102. The summed E-state index contributed by atoms with van der Waals surface area (Å²) in [6, 6.07) is 16.1. The average Bonchev–Trinajstić information content (AvgIpc) is 3.17. The van der Waals surface area contributed by atoms with Crippen molar-refractivity contribution in [1.29, 1.82) is 0 Å². The van der Waals surface area contributed by atoms with Crippen LogP contribution in [0.1, 0.15) is 45.9 Å². The Hall–Kier alpha value is -2.92. The Bertz CT molecular complexity index is 972. The summed E-state index contributed by atoms with van der Waals surface area (Å²) in [5.74, 6) is 0.214. The topological polar surface area (TPSA) is 59.0 Å². The number of aromatic nitrogens is 2. The minimum absolute atomic E-state index is 0.0948. The smallest absolute Gasteiger partial charge is 0.259 e. The van der Waals surface area contributed by atoms with Crippen LogP contribution in [0.2, 0.25) is 0 Å². The molecule has 0 aliphatic carbocycles. The molecule has 0 spiro atoms. The molecule has 0 bridgehead atoms. The van der Waals surface area contributed by atoms with Crippen molar-refractivity contribution in [3.8, 4) is 5.69 Å². The van der Waals surface area contributed by atoms with Crippen molar-refractivity contribution >= 4 is 11.6 Å². The third-order valence-electron chi connectivity index (χ3n) is 5.41. The fourth-order valence-corrected chi connectivity index (χ4v) is 3.94. The Balaban J connectivity index is 1.71. The maximum atomic E-state index is 13.2. The number of benzene rings is 2. The van der Waals surface area contributed by atoms with Crippen molar-refractivity contribution in [3.63, 3.8) is 0 Å². The largest absolute Gasteiger partial charge is 0.322 e. The molecule has 0 radical (unpaired) electrons. The van der Waals surface area contributed by atoms with Gasteiger partial charge in [-0.15, -0.1) is 0 Å². The van der Waals surface area contributed by atoms with Gasteiger partial charge in [0.05, 0.1) is 23.1 Å². The zero-order chi connectivity index (χ0) is 19.5. The molecule has 0 unspecified atom stereocenters. The van der Waals surface area contributed by atoms with Crippen LogP contribution >= 0.6 is 0 Å². The molecule has 4 rings (SSSR count). The van der Waals surface area contributed by atoms with Gasteiger partial charge in [-0.05, 0) is 63.5 Å². The third-order valence-corrected chi connectivity index (χ3v) is 5.41. The Morgan fingerprint density at radius 1 is 1.11 bits per heavy atom. The van der Waals surface area contributed by atoms with Gasteiger partial charge in [-0.25, -0.2) is 4.68 Å². The van der Waals surface area contributed by atoms with Gasteiger partial charge in [0.1, 0.15) is 0 Å². The van der Waals surface area contributed by atoms with E-state index in [0.717, 1.165) is 48.6 Å². The molecule has 144 valence electrons. The number of aryl methyl sites for hydroxylation is 2. The van der Waals surface area contributed by atoms with E-state index in [1.807, 2.05) is 54.1 Å². The van der Waals surface area contributed by atoms with Crippen LogP contribution in [0.5, 0.6) is 0 Å². The molecule has 1 aliphatic rings. The molecule has 1 aliphatic heterocycles. The first-order valence-corrected chi connectivity index (χ1v) is 9.86. The molecule has 2 N–H and O–H groups in total. The van der Waals surface area contributed by atoms with Crippen LogP contribution in [0, 0.1) is 13.8 Å². The predicted octanol–water partition coefficient (Wildman–Crippen LogP) is 4.21. The summed E-state index contributed by atoms with van der Waals surface area (Å²) in [6.45, 7) is 5.99. The minimum atomic E-state index is -0.0948. The number of nitrogens with zero attached hydrogens (tertiary/aromatic N) is 2. The van der Waals surface area contributed by atoms with Crippen molar-refractivity contribution in [2.24, 2.45) is 0 Å². The molecule has 1 aromatic heterocycles. The zero-order valence-electron chi connectivity index (χ0n) is 16.4. The van der Waals surface area contributed by atoms with Crippen molar-refractivity contribution < 1.29 is 4.79 Å². The summed E-state index contributed by atoms with van der Waals surface area (Å²) >= 11 is 0. The molecule has 1 saturated heterocycles. The van der Waals surface area contributed by atoms with Crippen molar-refractivity contribution in [2.75, 3.05) is 18.4 Å². The maximum absolute atomic E-state index is 13.2. The van der Waals surface area contributed by atoms with E-state index in [1.54, 1.807) is 6.20 Å². The Kier molecular flexibility index (Phi) is 5.26. The molecule has 5 nitrogen and oxygen atoms in total. The van der Waals surface area contributed by atoms with Crippen LogP contribution < -0.4 is 10.6 Å². The molecular weight excluding hydrogens is 348 g/mol. The average molecular weight is 374 g/mol. The van der Waals surface area contributed by atoms with E-state index in [1.165, 1.54) is 5.56 Å². The van der Waals surface area contributed by atoms with E-state index in [2.05, 4.69) is 28.7 Å². The van der Waals surface area contributed by atoms with Crippen LogP contribution in [0.15, 0.2) is 54.7 Å². The summed E-state index contributed by atoms with van der Waals surface area (Å²) in [7, 11) is 0. The first-order valence-electron chi connectivity index (χ1n) is 9.86. The lowest BCUT2D eigenvalue weighted by atomic mass is 9.91. The second kappa shape index (κ2) is 7.98. The van der Waals surface area contributed by atoms with Gasteiger partial charge < -0.3 is 10.6 Å². The fourth-order valence-electron chi connectivity index (χ4n) is 3.94. The molecule has 2 aromatic carbocycles. The predicted molar refractivity (Wildman–Crippen MR) is 112 cm³/mol. The van der Waals surface area contributed by atoms with Gasteiger partial charge in [0.2, 0.25) is 0 Å². The first-order chi connectivity index (χ1) is 13.6. The van der Waals surface area contributed by atoms with Gasteiger partial charge in [0, 0.05) is 11.6 Å². The van der Waals surface area contributed by atoms with Crippen LogP contribution in [0.25, 0.3) is 5.69 Å². The fraction of sp³-hybridized carbons (Fsp3) is 0.304.